The van der Waals surface area contributed by atoms with Crippen molar-refractivity contribution in [2.75, 3.05) is 31.7 Å². The Morgan fingerprint density at radius 1 is 1.30 bits per heavy atom. The van der Waals surface area contributed by atoms with E-state index in [1.165, 1.54) is 12.1 Å². The number of carboxylic acids is 1. The number of carbonyl (C=O) groups excluding carboxylic acids is 1. The van der Waals surface area contributed by atoms with Gasteiger partial charge in [-0.15, -0.1) is 0 Å². The Hall–Kier alpha value is -2.28. The number of amides is 1. The van der Waals surface area contributed by atoms with Crippen molar-refractivity contribution in [2.45, 2.75) is 25.0 Å². The van der Waals surface area contributed by atoms with Crippen molar-refractivity contribution in [2.24, 2.45) is 0 Å². The van der Waals surface area contributed by atoms with Crippen molar-refractivity contribution in [3.8, 4) is 5.75 Å². The van der Waals surface area contributed by atoms with E-state index < -0.39 is 12.1 Å². The fourth-order valence-electron chi connectivity index (χ4n) is 2.87. The molecule has 2 N–H and O–H groups in total. The molecule has 124 valence electrons. The number of hydrogen-bond donors (Lipinski definition) is 2. The Labute approximate surface area is 134 Å². The van der Waals surface area contributed by atoms with Gasteiger partial charge in [0.25, 0.3) is 5.91 Å². The number of nitrogens with one attached hydrogen (secondary N) is 1. The smallest absolute Gasteiger partial charge is 0.335 e. The molecule has 2 aliphatic rings. The highest BCUT2D eigenvalue weighted by Crippen LogP contribution is 2.33. The van der Waals surface area contributed by atoms with Crippen molar-refractivity contribution in [1.82, 2.24) is 5.32 Å². The highest BCUT2D eigenvalue weighted by atomic mass is 16.5. The van der Waals surface area contributed by atoms with E-state index in [-0.39, 0.29) is 17.5 Å². The summed E-state index contributed by atoms with van der Waals surface area (Å²) >= 11 is 0. The minimum Gasteiger partial charge on any atom is -0.478 e. The number of anilines is 1. The molecular weight excluding hydrogens is 300 g/mol. The lowest BCUT2D eigenvalue weighted by Crippen LogP contribution is -2.51. The predicted molar refractivity (Wildman–Crippen MR) is 83.1 cm³/mol. The summed E-state index contributed by atoms with van der Waals surface area (Å²) < 4.78 is 11.0. The summed E-state index contributed by atoms with van der Waals surface area (Å²) in [6.45, 7) is 1.73. The molecule has 1 saturated heterocycles. The van der Waals surface area contributed by atoms with Crippen molar-refractivity contribution < 1.29 is 24.2 Å². The second-order valence-electron chi connectivity index (χ2n) is 5.87. The van der Waals surface area contributed by atoms with Gasteiger partial charge in [-0.05, 0) is 31.0 Å². The fourth-order valence-corrected chi connectivity index (χ4v) is 2.87. The number of aromatic carboxylic acids is 1. The van der Waals surface area contributed by atoms with E-state index in [0.717, 1.165) is 18.5 Å². The van der Waals surface area contributed by atoms with Gasteiger partial charge in [-0.25, -0.2) is 4.79 Å². The number of rotatable bonds is 3. The van der Waals surface area contributed by atoms with Crippen LogP contribution < -0.4 is 15.0 Å². The van der Waals surface area contributed by atoms with E-state index >= 15 is 0 Å². The molecule has 0 radical (unpaired) electrons. The molecule has 0 saturated carbocycles. The predicted octanol–water partition coefficient (Wildman–Crippen LogP) is 0.877. The number of hydrogen-bond acceptors (Lipinski definition) is 5. The van der Waals surface area contributed by atoms with Gasteiger partial charge in [0, 0.05) is 26.3 Å². The van der Waals surface area contributed by atoms with Crippen molar-refractivity contribution >= 4 is 17.6 Å². The van der Waals surface area contributed by atoms with Crippen LogP contribution in [0, 0.1) is 0 Å². The molecule has 1 atom stereocenters. The highest BCUT2D eigenvalue weighted by molar-refractivity contribution is 5.90. The van der Waals surface area contributed by atoms with Gasteiger partial charge in [0.2, 0.25) is 0 Å². The van der Waals surface area contributed by atoms with E-state index in [1.807, 2.05) is 11.9 Å². The van der Waals surface area contributed by atoms with E-state index in [1.54, 1.807) is 6.07 Å². The molecule has 1 unspecified atom stereocenters. The van der Waals surface area contributed by atoms with E-state index in [2.05, 4.69) is 5.32 Å². The molecule has 7 nitrogen and oxygen atoms in total. The van der Waals surface area contributed by atoms with Gasteiger partial charge in [-0.1, -0.05) is 0 Å². The molecule has 1 amide bonds. The van der Waals surface area contributed by atoms with E-state index in [9.17, 15) is 9.59 Å². The summed E-state index contributed by atoms with van der Waals surface area (Å²) in [6.07, 6.45) is 0.946. The Kier molecular flexibility index (Phi) is 4.38. The van der Waals surface area contributed by atoms with E-state index in [4.69, 9.17) is 14.6 Å². The lowest BCUT2D eigenvalue weighted by molar-refractivity contribution is -0.129. The molecule has 1 aromatic rings. The van der Waals surface area contributed by atoms with Gasteiger partial charge in [-0.2, -0.15) is 0 Å². The molecule has 0 bridgehead atoms. The topological polar surface area (TPSA) is 88.1 Å². The normalized spacial score (nSPS) is 21.3. The van der Waals surface area contributed by atoms with Crippen LogP contribution in [0.4, 0.5) is 5.69 Å². The van der Waals surface area contributed by atoms with Crippen LogP contribution in [0.15, 0.2) is 18.2 Å². The molecule has 7 heteroatoms. The summed E-state index contributed by atoms with van der Waals surface area (Å²) in [5.41, 5.74) is 0.924. The second-order valence-corrected chi connectivity index (χ2v) is 5.87. The van der Waals surface area contributed by atoms with Crippen LogP contribution in [-0.2, 0) is 9.53 Å². The first kappa shape index (κ1) is 15.6. The quantitative estimate of drug-likeness (QED) is 0.859. The van der Waals surface area contributed by atoms with Crippen LogP contribution in [0.5, 0.6) is 5.75 Å². The van der Waals surface area contributed by atoms with Crippen LogP contribution >= 0.6 is 0 Å². The summed E-state index contributed by atoms with van der Waals surface area (Å²) in [7, 11) is 1.86. The van der Waals surface area contributed by atoms with Gasteiger partial charge in [0.05, 0.1) is 17.8 Å². The van der Waals surface area contributed by atoms with Crippen LogP contribution in [0.25, 0.3) is 0 Å². The maximum atomic E-state index is 12.4. The zero-order valence-corrected chi connectivity index (χ0v) is 12.9. The zero-order valence-electron chi connectivity index (χ0n) is 12.9. The molecule has 2 heterocycles. The maximum Gasteiger partial charge on any atom is 0.335 e. The van der Waals surface area contributed by atoms with Crippen molar-refractivity contribution in [3.63, 3.8) is 0 Å². The molecule has 23 heavy (non-hydrogen) atoms. The van der Waals surface area contributed by atoms with Gasteiger partial charge in [-0.3, -0.25) is 4.79 Å². The van der Waals surface area contributed by atoms with Crippen molar-refractivity contribution in [3.05, 3.63) is 23.8 Å². The monoisotopic (exact) mass is 320 g/mol. The molecule has 1 aromatic carbocycles. The summed E-state index contributed by atoms with van der Waals surface area (Å²) in [4.78, 5) is 25.4. The third-order valence-corrected chi connectivity index (χ3v) is 4.19. The number of nitrogens with zero attached hydrogens (tertiary/aromatic N) is 1. The van der Waals surface area contributed by atoms with Crippen LogP contribution in [0.2, 0.25) is 0 Å². The molecule has 3 rings (SSSR count). The number of carbonyl (C=O) groups is 2. The molecule has 0 aliphatic carbocycles. The first-order valence-electron chi connectivity index (χ1n) is 7.68. The Morgan fingerprint density at radius 2 is 2.04 bits per heavy atom. The SMILES string of the molecule is CN1CC(C(=O)NC2CCOCC2)Oc2cc(C(=O)O)ccc21. The Morgan fingerprint density at radius 3 is 2.74 bits per heavy atom. The standard InChI is InChI=1S/C16H20N2O5/c1-18-9-14(15(19)17-11-4-6-22-7-5-11)23-13-8-10(16(20)21)2-3-12(13)18/h2-3,8,11,14H,4-7,9H2,1H3,(H,17,19)(H,20,21). The number of carboxylic acid groups (broad SMARTS) is 1. The van der Waals surface area contributed by atoms with Gasteiger partial charge < -0.3 is 24.8 Å². The Balaban J connectivity index is 1.72. The minimum atomic E-state index is -1.02. The van der Waals surface area contributed by atoms with Gasteiger partial charge in [0.1, 0.15) is 5.75 Å². The van der Waals surface area contributed by atoms with Gasteiger partial charge in [0.15, 0.2) is 6.10 Å². The number of fused-ring (bicyclic) bond motifs is 1. The summed E-state index contributed by atoms with van der Waals surface area (Å²) in [5, 5.41) is 12.1. The Bertz CT molecular complexity index is 612. The zero-order chi connectivity index (χ0) is 16.4. The van der Waals surface area contributed by atoms with Gasteiger partial charge >= 0.3 is 5.97 Å². The number of benzene rings is 1. The fraction of sp³-hybridized carbons (Fsp3) is 0.500. The third-order valence-electron chi connectivity index (χ3n) is 4.19. The van der Waals surface area contributed by atoms with E-state index in [0.29, 0.717) is 25.5 Å². The maximum absolute atomic E-state index is 12.4. The summed E-state index contributed by atoms with van der Waals surface area (Å²) in [6, 6.07) is 4.80. The van der Waals surface area contributed by atoms with Crippen LogP contribution in [-0.4, -0.2) is 55.9 Å². The molecule has 0 spiro atoms. The minimum absolute atomic E-state index is 0.108. The molecule has 0 aromatic heterocycles. The lowest BCUT2D eigenvalue weighted by atomic mass is 10.1. The largest absolute Gasteiger partial charge is 0.478 e. The molecule has 2 aliphatic heterocycles. The van der Waals surface area contributed by atoms with Crippen molar-refractivity contribution in [1.29, 1.82) is 0 Å². The first-order chi connectivity index (χ1) is 11.0. The lowest BCUT2D eigenvalue weighted by Gasteiger charge is -2.34. The van der Waals surface area contributed by atoms with Crippen LogP contribution in [0.1, 0.15) is 23.2 Å². The molecule has 1 fully saturated rings. The summed E-state index contributed by atoms with van der Waals surface area (Å²) in [5.74, 6) is -0.770. The average molecular weight is 320 g/mol. The highest BCUT2D eigenvalue weighted by Gasteiger charge is 2.31. The third kappa shape index (κ3) is 3.39. The second kappa shape index (κ2) is 6.45. The molecular formula is C16H20N2O5. The van der Waals surface area contributed by atoms with Crippen LogP contribution in [0.3, 0.4) is 0 Å². The average Bonchev–Trinajstić information content (AvgIpc) is 2.55. The first-order valence-corrected chi connectivity index (χ1v) is 7.68. The number of likely N-dealkylation sites (N-methyl/N-ethyl adjacent to an activating group) is 1. The number of ether oxygens (including phenoxy) is 2.